The molecule has 2 aromatic rings. The summed E-state index contributed by atoms with van der Waals surface area (Å²) in [5, 5.41) is -0.0612. The molecule has 2 aliphatic heterocycles. The van der Waals surface area contributed by atoms with E-state index in [9.17, 15) is 4.79 Å². The lowest BCUT2D eigenvalue weighted by atomic mass is 10.0. The standard InChI is InChI=1S/C17H20N2O2/c1-19-11-6-7-12(19)9-13(8-11)21-17(20)15-10-18-16-5-3-2-4-14(15)16/h2-5,10-13,18H,6-9H2,1H3/t11-,12+,13?/i1D3,2D,3D,4D,5D,10D. The Kier molecular flexibility index (Phi) is 1.62. The number of benzene rings is 1. The summed E-state index contributed by atoms with van der Waals surface area (Å²) in [6.45, 7) is -2.19. The molecule has 110 valence electrons. The molecule has 3 heterocycles. The number of aromatic amines is 1. The summed E-state index contributed by atoms with van der Waals surface area (Å²) in [5.41, 5.74) is -0.233. The minimum atomic E-state index is -2.19. The van der Waals surface area contributed by atoms with E-state index in [4.69, 9.17) is 15.7 Å². The fraction of sp³-hybridized carbons (Fsp3) is 0.471. The number of fused-ring (bicyclic) bond motifs is 3. The molecule has 4 nitrogen and oxygen atoms in total. The van der Waals surface area contributed by atoms with E-state index in [2.05, 4.69) is 4.98 Å². The molecule has 2 saturated heterocycles. The highest BCUT2D eigenvalue weighted by molar-refractivity contribution is 6.04. The van der Waals surface area contributed by atoms with Crippen LogP contribution in [-0.2, 0) is 4.74 Å². The SMILES string of the molecule is [2H]c1[nH]c2c([2H])c([2H])c([2H])c([2H])c2c1C(=O)OC1C[C@H]2CC[C@@H](C1)N2C([2H])([2H])[2H]. The van der Waals surface area contributed by atoms with E-state index >= 15 is 0 Å². The van der Waals surface area contributed by atoms with Crippen LogP contribution in [0.3, 0.4) is 0 Å². The van der Waals surface area contributed by atoms with Crippen LogP contribution in [0.5, 0.6) is 0 Å². The van der Waals surface area contributed by atoms with Crippen LogP contribution in [0.1, 0.15) is 47.0 Å². The predicted octanol–water partition coefficient (Wildman–Crippen LogP) is 2.95. The van der Waals surface area contributed by atoms with Gasteiger partial charge >= 0.3 is 5.97 Å². The second-order valence-corrected chi connectivity index (χ2v) is 5.67. The van der Waals surface area contributed by atoms with E-state index in [1.165, 1.54) is 4.90 Å². The monoisotopic (exact) mass is 292 g/mol. The molecule has 2 aliphatic rings. The second kappa shape index (κ2) is 4.88. The average Bonchev–Trinajstić information content (AvgIpc) is 3.13. The van der Waals surface area contributed by atoms with E-state index in [-0.39, 0.29) is 40.8 Å². The lowest BCUT2D eigenvalue weighted by Gasteiger charge is -2.35. The van der Waals surface area contributed by atoms with Crippen LogP contribution in [0, 0.1) is 0 Å². The molecular formula is C17H20N2O2. The first-order chi connectivity index (χ1) is 13.5. The number of para-hydroxylation sites is 1. The summed E-state index contributed by atoms with van der Waals surface area (Å²) >= 11 is 0. The molecule has 0 amide bonds. The first-order valence-electron chi connectivity index (χ1n) is 11.1. The van der Waals surface area contributed by atoms with Crippen LogP contribution < -0.4 is 0 Å². The minimum Gasteiger partial charge on any atom is -0.459 e. The zero-order valence-electron chi connectivity index (χ0n) is 19.3. The number of esters is 1. The van der Waals surface area contributed by atoms with Crippen molar-refractivity contribution in [1.29, 1.82) is 0 Å². The summed E-state index contributed by atoms with van der Waals surface area (Å²) in [6.07, 6.45) is 1.38. The zero-order valence-corrected chi connectivity index (χ0v) is 11.3. The number of nitrogens with zero attached hydrogens (tertiary/aromatic N) is 1. The smallest absolute Gasteiger partial charge is 0.340 e. The molecule has 0 aliphatic carbocycles. The molecule has 0 spiro atoms. The molecule has 4 heteroatoms. The minimum absolute atomic E-state index is 0.00904. The fourth-order valence-electron chi connectivity index (χ4n) is 3.37. The molecule has 3 atom stereocenters. The normalized spacial score (nSPS) is 35.0. The zero-order chi connectivity index (χ0) is 21.2. The van der Waals surface area contributed by atoms with Crippen molar-refractivity contribution in [2.75, 3.05) is 6.98 Å². The third kappa shape index (κ3) is 2.14. The molecule has 2 fully saturated rings. The lowest BCUT2D eigenvalue weighted by Crippen LogP contribution is -2.43. The van der Waals surface area contributed by atoms with Gasteiger partial charge in [-0.25, -0.2) is 4.79 Å². The summed E-state index contributed by atoms with van der Waals surface area (Å²) in [5.74, 6) is -0.835. The Morgan fingerprint density at radius 2 is 2.14 bits per heavy atom. The van der Waals surface area contributed by atoms with Crippen LogP contribution in [0.4, 0.5) is 0 Å². The molecule has 1 N–H and O–H groups in total. The highest BCUT2D eigenvalue weighted by atomic mass is 16.5. The van der Waals surface area contributed by atoms with Crippen molar-refractivity contribution in [1.82, 2.24) is 9.88 Å². The van der Waals surface area contributed by atoms with Crippen molar-refractivity contribution in [3.05, 3.63) is 35.9 Å². The number of hydrogen-bond donors (Lipinski definition) is 1. The van der Waals surface area contributed by atoms with Crippen molar-refractivity contribution >= 4 is 16.9 Å². The number of ether oxygens (including phenoxy) is 1. The summed E-state index contributed by atoms with van der Waals surface area (Å²) < 4.78 is 68.4. The van der Waals surface area contributed by atoms with Gasteiger partial charge in [-0.2, -0.15) is 0 Å². The molecule has 0 radical (unpaired) electrons. The molecule has 0 saturated carbocycles. The number of carbonyl (C=O) groups excluding carboxylic acids is 1. The van der Waals surface area contributed by atoms with Gasteiger partial charge in [-0.15, -0.1) is 0 Å². The maximum atomic E-state index is 12.8. The molecule has 1 unspecified atom stereocenters. The first kappa shape index (κ1) is 6.97. The molecule has 1 aromatic carbocycles. The Balaban J connectivity index is 1.62. The van der Waals surface area contributed by atoms with Gasteiger partial charge in [0.25, 0.3) is 0 Å². The van der Waals surface area contributed by atoms with Crippen molar-refractivity contribution in [3.8, 4) is 0 Å². The molecule has 21 heavy (non-hydrogen) atoms. The van der Waals surface area contributed by atoms with E-state index in [0.717, 1.165) is 12.8 Å². The van der Waals surface area contributed by atoms with Crippen LogP contribution in [0.25, 0.3) is 10.9 Å². The van der Waals surface area contributed by atoms with E-state index in [1.54, 1.807) is 0 Å². The Labute approximate surface area is 135 Å². The number of H-pyrrole nitrogens is 1. The van der Waals surface area contributed by atoms with Crippen LogP contribution in [-0.4, -0.2) is 41.0 Å². The van der Waals surface area contributed by atoms with E-state index in [1.807, 2.05) is 0 Å². The van der Waals surface area contributed by atoms with Gasteiger partial charge in [-0.3, -0.25) is 0 Å². The van der Waals surface area contributed by atoms with Crippen molar-refractivity contribution in [2.24, 2.45) is 0 Å². The summed E-state index contributed by atoms with van der Waals surface area (Å²) in [4.78, 5) is 16.9. The van der Waals surface area contributed by atoms with Crippen molar-refractivity contribution in [2.45, 2.75) is 43.9 Å². The van der Waals surface area contributed by atoms with Crippen molar-refractivity contribution in [3.63, 3.8) is 0 Å². The van der Waals surface area contributed by atoms with Gasteiger partial charge in [0.2, 0.25) is 0 Å². The number of carbonyl (C=O) groups is 1. The van der Waals surface area contributed by atoms with E-state index < -0.39 is 37.2 Å². The van der Waals surface area contributed by atoms with Crippen LogP contribution in [0.15, 0.2) is 30.3 Å². The number of nitrogens with one attached hydrogen (secondary N) is 1. The maximum absolute atomic E-state index is 12.8. The van der Waals surface area contributed by atoms with Crippen molar-refractivity contribution < 1.29 is 20.5 Å². The summed E-state index contributed by atoms with van der Waals surface area (Å²) in [7, 11) is 0. The van der Waals surface area contributed by atoms with Gasteiger partial charge in [0, 0.05) is 46.1 Å². The van der Waals surface area contributed by atoms with Crippen LogP contribution >= 0.6 is 0 Å². The Hall–Kier alpha value is -1.81. The molecule has 2 bridgehead atoms. The number of piperidine rings is 1. The van der Waals surface area contributed by atoms with Gasteiger partial charge in [0.05, 0.1) is 12.4 Å². The average molecular weight is 292 g/mol. The third-order valence-corrected chi connectivity index (χ3v) is 4.42. The highest BCUT2D eigenvalue weighted by Gasteiger charge is 2.40. The van der Waals surface area contributed by atoms with Gasteiger partial charge < -0.3 is 14.6 Å². The summed E-state index contributed by atoms with van der Waals surface area (Å²) in [6, 6.07) is -2.08. The first-order valence-corrected chi connectivity index (χ1v) is 7.08. The highest BCUT2D eigenvalue weighted by Crippen LogP contribution is 2.35. The van der Waals surface area contributed by atoms with Gasteiger partial charge in [-0.1, -0.05) is 18.1 Å². The predicted molar refractivity (Wildman–Crippen MR) is 81.3 cm³/mol. The lowest BCUT2D eigenvalue weighted by molar-refractivity contribution is -0.000258. The quantitative estimate of drug-likeness (QED) is 0.866. The van der Waals surface area contributed by atoms with Gasteiger partial charge in [0.1, 0.15) is 6.10 Å². The number of rotatable bonds is 2. The Morgan fingerprint density at radius 3 is 2.90 bits per heavy atom. The van der Waals surface area contributed by atoms with E-state index in [0.29, 0.717) is 12.8 Å². The fourth-order valence-corrected chi connectivity index (χ4v) is 3.37. The third-order valence-electron chi connectivity index (χ3n) is 4.42. The molecule has 4 rings (SSSR count). The second-order valence-electron chi connectivity index (χ2n) is 5.67. The van der Waals surface area contributed by atoms with Gasteiger partial charge in [-0.05, 0) is 25.9 Å². The Morgan fingerprint density at radius 1 is 1.38 bits per heavy atom. The number of hydrogen-bond acceptors (Lipinski definition) is 3. The largest absolute Gasteiger partial charge is 0.459 e. The topological polar surface area (TPSA) is 45.3 Å². The van der Waals surface area contributed by atoms with Gasteiger partial charge in [0.15, 0.2) is 0 Å². The Bertz CT molecular complexity index is 988. The molecule has 1 aromatic heterocycles. The number of aromatic nitrogens is 1. The molecular weight excluding hydrogens is 264 g/mol. The van der Waals surface area contributed by atoms with Crippen LogP contribution in [0.2, 0.25) is 0 Å². The maximum Gasteiger partial charge on any atom is 0.340 e.